The van der Waals surface area contributed by atoms with Crippen LogP contribution >= 0.6 is 11.3 Å². The highest BCUT2D eigenvalue weighted by atomic mass is 32.1. The quantitative estimate of drug-likeness (QED) is 0.727. The van der Waals surface area contributed by atoms with E-state index in [1.165, 1.54) is 21.2 Å². The van der Waals surface area contributed by atoms with Crippen LogP contribution < -0.4 is 0 Å². The van der Waals surface area contributed by atoms with E-state index in [-0.39, 0.29) is 0 Å². The topological polar surface area (TPSA) is 29.0 Å². The summed E-state index contributed by atoms with van der Waals surface area (Å²) >= 11 is 1.70. The molecule has 0 bridgehead atoms. The first-order chi connectivity index (χ1) is 9.33. The van der Waals surface area contributed by atoms with Crippen molar-refractivity contribution in [2.75, 3.05) is 7.05 Å². The molecule has 0 aliphatic heterocycles. The summed E-state index contributed by atoms with van der Waals surface area (Å²) in [7, 11) is 2.14. The van der Waals surface area contributed by atoms with E-state index in [0.29, 0.717) is 0 Å². The van der Waals surface area contributed by atoms with Crippen LogP contribution in [-0.2, 0) is 13.1 Å². The molecule has 0 atom stereocenters. The fourth-order valence-electron chi connectivity index (χ4n) is 2.26. The normalized spacial score (nSPS) is 11.3. The second kappa shape index (κ2) is 5.47. The molecule has 0 saturated heterocycles. The summed E-state index contributed by atoms with van der Waals surface area (Å²) < 4.78 is 0. The third-order valence-corrected chi connectivity index (χ3v) is 3.88. The number of nitrogens with zero attached hydrogens (tertiary/aromatic N) is 3. The Bertz CT molecular complexity index is 659. The van der Waals surface area contributed by atoms with Crippen LogP contribution in [0, 0.1) is 0 Å². The van der Waals surface area contributed by atoms with Gasteiger partial charge in [-0.2, -0.15) is 0 Å². The zero-order valence-electron chi connectivity index (χ0n) is 10.8. The minimum absolute atomic E-state index is 0.930. The van der Waals surface area contributed by atoms with Crippen LogP contribution in [-0.4, -0.2) is 21.9 Å². The Morgan fingerprint density at radius 1 is 1.11 bits per heavy atom. The number of aromatic nitrogens is 2. The zero-order valence-corrected chi connectivity index (χ0v) is 11.6. The maximum absolute atomic E-state index is 4.17. The lowest BCUT2D eigenvalue weighted by molar-refractivity contribution is 0.323. The molecule has 0 fully saturated rings. The highest BCUT2D eigenvalue weighted by molar-refractivity contribution is 7.09. The second-order valence-electron chi connectivity index (χ2n) is 4.65. The fourth-order valence-corrected chi connectivity index (χ4v) is 2.93. The van der Waals surface area contributed by atoms with E-state index in [1.54, 1.807) is 11.3 Å². The lowest BCUT2D eigenvalue weighted by Crippen LogP contribution is -2.16. The number of benzene rings is 1. The van der Waals surface area contributed by atoms with Crippen LogP contribution in [0.5, 0.6) is 0 Å². The number of hydrogen-bond donors (Lipinski definition) is 0. The van der Waals surface area contributed by atoms with Gasteiger partial charge in [-0.25, -0.2) is 0 Å². The standard InChI is InChI=1S/C15H15N3S/c1-18(10-14-8-17-11-19-14)9-13-4-2-3-12-7-16-6-5-15(12)13/h2-8,11H,9-10H2,1H3. The first-order valence-electron chi connectivity index (χ1n) is 6.20. The largest absolute Gasteiger partial charge is 0.297 e. The summed E-state index contributed by atoms with van der Waals surface area (Å²) in [5.74, 6) is 0. The van der Waals surface area contributed by atoms with Gasteiger partial charge in [0.25, 0.3) is 0 Å². The number of rotatable bonds is 4. The molecule has 2 aromatic heterocycles. The van der Waals surface area contributed by atoms with Gasteiger partial charge in [0.05, 0.1) is 5.51 Å². The van der Waals surface area contributed by atoms with Crippen molar-refractivity contribution in [1.29, 1.82) is 0 Å². The third kappa shape index (κ3) is 2.80. The molecule has 0 unspecified atom stereocenters. The molecule has 0 aliphatic carbocycles. The average Bonchev–Trinajstić information content (AvgIpc) is 2.92. The van der Waals surface area contributed by atoms with Crippen molar-refractivity contribution in [3.63, 3.8) is 0 Å². The van der Waals surface area contributed by atoms with Crippen LogP contribution in [0.3, 0.4) is 0 Å². The highest BCUT2D eigenvalue weighted by Crippen LogP contribution is 2.19. The number of pyridine rings is 1. The summed E-state index contributed by atoms with van der Waals surface area (Å²) in [5, 5.41) is 2.49. The van der Waals surface area contributed by atoms with Gasteiger partial charge < -0.3 is 0 Å². The smallest absolute Gasteiger partial charge is 0.0794 e. The van der Waals surface area contributed by atoms with Crippen LogP contribution in [0.2, 0.25) is 0 Å². The van der Waals surface area contributed by atoms with E-state index in [1.807, 2.05) is 24.1 Å². The van der Waals surface area contributed by atoms with Gasteiger partial charge in [0.2, 0.25) is 0 Å². The van der Waals surface area contributed by atoms with Gasteiger partial charge in [0.1, 0.15) is 0 Å². The Labute approximate surface area is 116 Å². The lowest BCUT2D eigenvalue weighted by atomic mass is 10.1. The molecular formula is C15H15N3S. The minimum atomic E-state index is 0.930. The first-order valence-corrected chi connectivity index (χ1v) is 7.08. The van der Waals surface area contributed by atoms with Gasteiger partial charge in [-0.15, -0.1) is 11.3 Å². The van der Waals surface area contributed by atoms with Gasteiger partial charge in [0, 0.05) is 41.9 Å². The molecule has 0 saturated carbocycles. The van der Waals surface area contributed by atoms with Gasteiger partial charge in [-0.1, -0.05) is 18.2 Å². The monoisotopic (exact) mass is 269 g/mol. The molecule has 2 heterocycles. The van der Waals surface area contributed by atoms with Crippen molar-refractivity contribution in [2.45, 2.75) is 13.1 Å². The van der Waals surface area contributed by atoms with Crippen molar-refractivity contribution in [1.82, 2.24) is 14.9 Å². The van der Waals surface area contributed by atoms with Gasteiger partial charge >= 0.3 is 0 Å². The van der Waals surface area contributed by atoms with E-state index in [4.69, 9.17) is 0 Å². The van der Waals surface area contributed by atoms with Crippen LogP contribution in [0.15, 0.2) is 48.4 Å². The van der Waals surface area contributed by atoms with Crippen molar-refractivity contribution in [3.05, 3.63) is 58.8 Å². The maximum atomic E-state index is 4.17. The second-order valence-corrected chi connectivity index (χ2v) is 5.62. The van der Waals surface area contributed by atoms with Crippen molar-refractivity contribution < 1.29 is 0 Å². The molecule has 1 aromatic carbocycles. The summed E-state index contributed by atoms with van der Waals surface area (Å²) in [6.07, 6.45) is 5.71. The minimum Gasteiger partial charge on any atom is -0.297 e. The highest BCUT2D eigenvalue weighted by Gasteiger charge is 2.06. The van der Waals surface area contributed by atoms with Crippen LogP contribution in [0.25, 0.3) is 10.8 Å². The number of hydrogen-bond acceptors (Lipinski definition) is 4. The Hall–Kier alpha value is -1.78. The molecule has 0 N–H and O–H groups in total. The van der Waals surface area contributed by atoms with Crippen LogP contribution in [0.4, 0.5) is 0 Å². The Kier molecular flexibility index (Phi) is 3.53. The van der Waals surface area contributed by atoms with E-state index < -0.39 is 0 Å². The molecule has 0 radical (unpaired) electrons. The van der Waals surface area contributed by atoms with E-state index in [2.05, 4.69) is 46.2 Å². The summed E-state index contributed by atoms with van der Waals surface area (Å²) in [6, 6.07) is 8.48. The van der Waals surface area contributed by atoms with Crippen LogP contribution in [0.1, 0.15) is 10.4 Å². The predicted octanol–water partition coefficient (Wildman–Crippen LogP) is 3.32. The van der Waals surface area contributed by atoms with Crippen molar-refractivity contribution >= 4 is 22.1 Å². The van der Waals surface area contributed by atoms with Gasteiger partial charge in [-0.05, 0) is 24.1 Å². The maximum Gasteiger partial charge on any atom is 0.0794 e. The SMILES string of the molecule is CN(Cc1cncs1)Cc1cccc2cnccc12. The molecule has 19 heavy (non-hydrogen) atoms. The molecule has 96 valence electrons. The molecule has 0 amide bonds. The first kappa shape index (κ1) is 12.3. The van der Waals surface area contributed by atoms with Gasteiger partial charge in [0.15, 0.2) is 0 Å². The Balaban J connectivity index is 1.81. The molecule has 0 spiro atoms. The summed E-state index contributed by atoms with van der Waals surface area (Å²) in [6.45, 7) is 1.87. The zero-order chi connectivity index (χ0) is 13.1. The average molecular weight is 269 g/mol. The third-order valence-electron chi connectivity index (χ3n) is 3.12. The Morgan fingerprint density at radius 3 is 2.89 bits per heavy atom. The number of fused-ring (bicyclic) bond motifs is 1. The molecule has 3 rings (SSSR count). The van der Waals surface area contributed by atoms with Crippen molar-refractivity contribution in [3.8, 4) is 0 Å². The molecule has 4 heteroatoms. The molecule has 3 aromatic rings. The van der Waals surface area contributed by atoms with E-state index in [0.717, 1.165) is 13.1 Å². The summed E-state index contributed by atoms with van der Waals surface area (Å²) in [4.78, 5) is 11.9. The molecular weight excluding hydrogens is 254 g/mol. The predicted molar refractivity (Wildman–Crippen MR) is 79.0 cm³/mol. The Morgan fingerprint density at radius 2 is 2.05 bits per heavy atom. The van der Waals surface area contributed by atoms with E-state index in [9.17, 15) is 0 Å². The van der Waals surface area contributed by atoms with Gasteiger partial charge in [-0.3, -0.25) is 14.9 Å². The van der Waals surface area contributed by atoms with Crippen molar-refractivity contribution in [2.24, 2.45) is 0 Å². The summed E-state index contributed by atoms with van der Waals surface area (Å²) in [5.41, 5.74) is 3.22. The van der Waals surface area contributed by atoms with E-state index >= 15 is 0 Å². The lowest BCUT2D eigenvalue weighted by Gasteiger charge is -2.16. The molecule has 0 aliphatic rings. The fraction of sp³-hybridized carbons (Fsp3) is 0.200. The molecule has 3 nitrogen and oxygen atoms in total. The number of thiazole rings is 1.